The molecule has 3 heteroatoms. The summed E-state index contributed by atoms with van der Waals surface area (Å²) in [6.45, 7) is 2.57. The van der Waals surface area contributed by atoms with Gasteiger partial charge in [-0.15, -0.1) is 0 Å². The molecule has 1 aromatic heterocycles. The Hall–Kier alpha value is -1.38. The molecule has 2 rings (SSSR count). The summed E-state index contributed by atoms with van der Waals surface area (Å²) >= 11 is 0. The number of aromatic nitrogens is 1. The van der Waals surface area contributed by atoms with Crippen LogP contribution >= 0.6 is 0 Å². The maximum absolute atomic E-state index is 11.6. The monoisotopic (exact) mass is 219 g/mol. The lowest BCUT2D eigenvalue weighted by Gasteiger charge is -2.34. The lowest BCUT2D eigenvalue weighted by molar-refractivity contribution is -0.672. The number of aryl methyl sites for hydroxylation is 1. The van der Waals surface area contributed by atoms with Gasteiger partial charge in [0.1, 0.15) is 7.05 Å². The van der Waals surface area contributed by atoms with Crippen molar-refractivity contribution < 1.29 is 9.36 Å². The molecule has 0 aromatic carbocycles. The fourth-order valence-electron chi connectivity index (χ4n) is 2.46. The van der Waals surface area contributed by atoms with Crippen molar-refractivity contribution in [1.29, 1.82) is 0 Å². The first-order valence-electron chi connectivity index (χ1n) is 5.91. The Balaban J connectivity index is 2.26. The molecule has 0 spiro atoms. The molecule has 1 saturated heterocycles. The van der Waals surface area contributed by atoms with Crippen LogP contribution in [0.2, 0.25) is 0 Å². The van der Waals surface area contributed by atoms with Gasteiger partial charge in [-0.05, 0) is 25.3 Å². The molecular formula is C13H19N2O+. The first-order valence-corrected chi connectivity index (χ1v) is 5.91. The Morgan fingerprint density at radius 1 is 1.50 bits per heavy atom. The van der Waals surface area contributed by atoms with Crippen molar-refractivity contribution in [3.8, 4) is 0 Å². The third-order valence-corrected chi connectivity index (χ3v) is 3.25. The lowest BCUT2D eigenvalue weighted by Crippen LogP contribution is -2.38. The van der Waals surface area contributed by atoms with Crippen molar-refractivity contribution in [2.24, 2.45) is 7.05 Å². The summed E-state index contributed by atoms with van der Waals surface area (Å²) in [4.78, 5) is 13.6. The first-order chi connectivity index (χ1) is 7.68. The largest absolute Gasteiger partial charge is 0.336 e. The van der Waals surface area contributed by atoms with Gasteiger partial charge in [-0.25, -0.2) is 4.57 Å². The molecule has 1 unspecified atom stereocenters. The molecule has 3 nitrogen and oxygen atoms in total. The van der Waals surface area contributed by atoms with E-state index in [1.165, 1.54) is 12.0 Å². The highest BCUT2D eigenvalue weighted by atomic mass is 16.2. The number of hydrogen-bond donors (Lipinski definition) is 0. The van der Waals surface area contributed by atoms with Crippen LogP contribution in [0.5, 0.6) is 0 Å². The fraction of sp³-hybridized carbons (Fsp3) is 0.538. The second-order valence-corrected chi connectivity index (χ2v) is 4.53. The summed E-state index contributed by atoms with van der Waals surface area (Å²) < 4.78 is 2.04. The Morgan fingerprint density at radius 2 is 2.31 bits per heavy atom. The van der Waals surface area contributed by atoms with Crippen molar-refractivity contribution in [1.82, 2.24) is 4.90 Å². The predicted molar refractivity (Wildman–Crippen MR) is 61.6 cm³/mol. The molecule has 0 radical (unpaired) electrons. The second-order valence-electron chi connectivity index (χ2n) is 4.53. The number of nitrogens with zero attached hydrogens (tertiary/aromatic N) is 2. The summed E-state index contributed by atoms with van der Waals surface area (Å²) in [5.41, 5.74) is 1.25. The van der Waals surface area contributed by atoms with Crippen LogP contribution in [-0.4, -0.2) is 17.4 Å². The van der Waals surface area contributed by atoms with Gasteiger partial charge in [0.25, 0.3) is 0 Å². The average molecular weight is 219 g/mol. The van der Waals surface area contributed by atoms with E-state index in [9.17, 15) is 4.79 Å². The minimum absolute atomic E-state index is 0.191. The number of pyridine rings is 1. The van der Waals surface area contributed by atoms with Gasteiger partial charge in [-0.1, -0.05) is 0 Å². The third kappa shape index (κ3) is 2.23. The number of likely N-dealkylation sites (tertiary alicyclic amines) is 1. The molecular weight excluding hydrogens is 200 g/mol. The van der Waals surface area contributed by atoms with Gasteiger partial charge in [0.2, 0.25) is 5.91 Å². The van der Waals surface area contributed by atoms with E-state index in [1.54, 1.807) is 6.92 Å². The van der Waals surface area contributed by atoms with Gasteiger partial charge >= 0.3 is 0 Å². The highest BCUT2D eigenvalue weighted by molar-refractivity contribution is 5.73. The molecule has 0 saturated carbocycles. The molecule has 1 amide bonds. The van der Waals surface area contributed by atoms with E-state index in [0.29, 0.717) is 0 Å². The number of amides is 1. The molecule has 0 aliphatic carbocycles. The summed E-state index contributed by atoms with van der Waals surface area (Å²) in [5, 5.41) is 0. The summed E-state index contributed by atoms with van der Waals surface area (Å²) in [7, 11) is 2.02. The number of rotatable bonds is 1. The van der Waals surface area contributed by atoms with Crippen LogP contribution in [0.1, 0.15) is 37.8 Å². The van der Waals surface area contributed by atoms with Crippen molar-refractivity contribution in [2.75, 3.05) is 6.54 Å². The molecule has 1 aromatic rings. The first kappa shape index (κ1) is 11.1. The van der Waals surface area contributed by atoms with E-state index < -0.39 is 0 Å². The van der Waals surface area contributed by atoms with Gasteiger partial charge in [0, 0.05) is 25.1 Å². The molecule has 0 N–H and O–H groups in total. The van der Waals surface area contributed by atoms with Crippen molar-refractivity contribution in [3.63, 3.8) is 0 Å². The third-order valence-electron chi connectivity index (χ3n) is 3.25. The smallest absolute Gasteiger partial charge is 0.219 e. The quantitative estimate of drug-likeness (QED) is 0.658. The Kier molecular flexibility index (Phi) is 3.22. The van der Waals surface area contributed by atoms with E-state index in [-0.39, 0.29) is 11.9 Å². The summed E-state index contributed by atoms with van der Waals surface area (Å²) in [6, 6.07) is 4.44. The van der Waals surface area contributed by atoms with Crippen molar-refractivity contribution in [2.45, 2.75) is 32.2 Å². The summed E-state index contributed by atoms with van der Waals surface area (Å²) in [5.74, 6) is 0.191. The van der Waals surface area contributed by atoms with Crippen LogP contribution in [0.3, 0.4) is 0 Å². The van der Waals surface area contributed by atoms with Gasteiger partial charge in [0.15, 0.2) is 12.4 Å². The predicted octanol–water partition coefficient (Wildman–Crippen LogP) is 1.58. The minimum atomic E-state index is 0.191. The van der Waals surface area contributed by atoms with E-state index in [2.05, 4.69) is 12.3 Å². The Labute approximate surface area is 96.7 Å². The van der Waals surface area contributed by atoms with Crippen LogP contribution in [0.4, 0.5) is 0 Å². The fourth-order valence-corrected chi connectivity index (χ4v) is 2.46. The SMILES string of the molecule is CC(=O)N1CCCCC1c1ccc[n+](C)c1. The number of carbonyl (C=O) groups is 1. The lowest BCUT2D eigenvalue weighted by atomic mass is 9.96. The standard InChI is InChI=1S/C13H19N2O/c1-11(16)15-9-4-3-7-13(15)12-6-5-8-14(2)10-12/h5-6,8,10,13H,3-4,7,9H2,1-2H3/q+1. The van der Waals surface area contributed by atoms with Crippen molar-refractivity contribution >= 4 is 5.91 Å². The van der Waals surface area contributed by atoms with Gasteiger partial charge < -0.3 is 4.90 Å². The highest BCUT2D eigenvalue weighted by Crippen LogP contribution is 2.29. The van der Waals surface area contributed by atoms with Crippen LogP contribution in [0.15, 0.2) is 24.5 Å². The molecule has 1 aliphatic heterocycles. The molecule has 1 atom stereocenters. The normalized spacial score (nSPS) is 20.9. The van der Waals surface area contributed by atoms with Crippen LogP contribution in [0, 0.1) is 0 Å². The number of carbonyl (C=O) groups excluding carboxylic acids is 1. The van der Waals surface area contributed by atoms with Crippen LogP contribution in [-0.2, 0) is 11.8 Å². The van der Waals surface area contributed by atoms with E-state index in [4.69, 9.17) is 0 Å². The second kappa shape index (κ2) is 4.64. The van der Waals surface area contributed by atoms with Gasteiger partial charge in [0.05, 0.1) is 6.04 Å². The topological polar surface area (TPSA) is 24.2 Å². The zero-order chi connectivity index (χ0) is 11.5. The van der Waals surface area contributed by atoms with Crippen molar-refractivity contribution in [3.05, 3.63) is 30.1 Å². The molecule has 1 fully saturated rings. The summed E-state index contributed by atoms with van der Waals surface area (Å²) in [6.07, 6.45) is 7.57. The number of piperidine rings is 1. The maximum Gasteiger partial charge on any atom is 0.219 e. The zero-order valence-electron chi connectivity index (χ0n) is 10.0. The molecule has 2 heterocycles. The van der Waals surface area contributed by atoms with E-state index >= 15 is 0 Å². The van der Waals surface area contributed by atoms with Gasteiger partial charge in [-0.2, -0.15) is 0 Å². The van der Waals surface area contributed by atoms with Crippen LogP contribution in [0.25, 0.3) is 0 Å². The van der Waals surface area contributed by atoms with Gasteiger partial charge in [-0.3, -0.25) is 4.79 Å². The average Bonchev–Trinajstić information content (AvgIpc) is 2.29. The van der Waals surface area contributed by atoms with Crippen LogP contribution < -0.4 is 4.57 Å². The Bertz CT molecular complexity index is 389. The Morgan fingerprint density at radius 3 is 3.00 bits per heavy atom. The van der Waals surface area contributed by atoms with E-state index in [1.807, 2.05) is 28.8 Å². The number of hydrogen-bond acceptors (Lipinski definition) is 1. The minimum Gasteiger partial charge on any atom is -0.336 e. The molecule has 0 bridgehead atoms. The highest BCUT2D eigenvalue weighted by Gasteiger charge is 2.26. The molecule has 1 aliphatic rings. The zero-order valence-corrected chi connectivity index (χ0v) is 10.0. The molecule has 86 valence electrons. The maximum atomic E-state index is 11.6. The molecule has 16 heavy (non-hydrogen) atoms. The van der Waals surface area contributed by atoms with E-state index in [0.717, 1.165) is 19.4 Å².